The van der Waals surface area contributed by atoms with Crippen LogP contribution in [0.1, 0.15) is 15.9 Å². The van der Waals surface area contributed by atoms with E-state index in [4.69, 9.17) is 10.8 Å². The van der Waals surface area contributed by atoms with Gasteiger partial charge in [0.1, 0.15) is 0 Å². The number of carbonyl (C=O) groups is 2. The molecule has 37 heavy (non-hydrogen) atoms. The number of rotatable bonds is 4. The zero-order chi connectivity index (χ0) is 26.3. The Morgan fingerprint density at radius 1 is 1.19 bits per heavy atom. The number of amides is 2. The van der Waals surface area contributed by atoms with Crippen LogP contribution in [0.3, 0.4) is 0 Å². The highest BCUT2D eigenvalue weighted by atomic mass is 16.3. The summed E-state index contributed by atoms with van der Waals surface area (Å²) in [6.45, 7) is 1.47. The van der Waals surface area contributed by atoms with Gasteiger partial charge in [0.25, 0.3) is 5.91 Å². The molecule has 5 rings (SSSR count). The van der Waals surface area contributed by atoms with Crippen molar-refractivity contribution in [2.45, 2.75) is 37.0 Å². The van der Waals surface area contributed by atoms with Gasteiger partial charge in [0, 0.05) is 32.7 Å². The third-order valence-electron chi connectivity index (χ3n) is 7.42. The van der Waals surface area contributed by atoms with Gasteiger partial charge < -0.3 is 46.6 Å². The number of β-amino-alcohol motifs (C(OH)–C–C–N with tert-alkyl or cyclic N) is 1. The van der Waals surface area contributed by atoms with Crippen LogP contribution in [0, 0.1) is 10.8 Å². The summed E-state index contributed by atoms with van der Waals surface area (Å²) in [5.74, 6) is -0.484. The van der Waals surface area contributed by atoms with Crippen LogP contribution in [-0.4, -0.2) is 126 Å². The standard InChI is InChI=1S/C23H34N10O4/c1-31-11-18(35)33(23(31)37)10-15-14-8-32(22(25)30-15)9-16(17(34)7-27-21(24)29-14)28-20(36)13-4-2-3-12-5-6-26-19(12)13/h2-4,14-17,23,26,34,37H,5-11H2,1H3,(H2,25,30)(H,28,36)(H3,24,27,29)/t14?,15?,16-,17?,23?/m0/s1. The third kappa shape index (κ3) is 4.99. The van der Waals surface area contributed by atoms with Gasteiger partial charge in [0.15, 0.2) is 18.3 Å². The Morgan fingerprint density at radius 3 is 2.76 bits per heavy atom. The number of guanidine groups is 2. The first kappa shape index (κ1) is 25.0. The third-order valence-corrected chi connectivity index (χ3v) is 7.42. The Kier molecular flexibility index (Phi) is 6.79. The Labute approximate surface area is 214 Å². The first-order valence-electron chi connectivity index (χ1n) is 12.4. The summed E-state index contributed by atoms with van der Waals surface area (Å²) < 4.78 is 0. The van der Waals surface area contributed by atoms with Gasteiger partial charge in [0.05, 0.1) is 42.0 Å². The fraction of sp³-hybridized carbons (Fsp3) is 0.565. The van der Waals surface area contributed by atoms with Gasteiger partial charge in [-0.3, -0.25) is 25.3 Å². The second-order valence-corrected chi connectivity index (χ2v) is 9.98. The highest BCUT2D eigenvalue weighted by Crippen LogP contribution is 2.26. The number of para-hydroxylation sites is 1. The van der Waals surface area contributed by atoms with Crippen LogP contribution in [0.5, 0.6) is 0 Å². The second-order valence-electron chi connectivity index (χ2n) is 9.98. The molecule has 0 spiro atoms. The summed E-state index contributed by atoms with van der Waals surface area (Å²) in [6, 6.07) is 4.00. The van der Waals surface area contributed by atoms with Crippen LogP contribution in [0.25, 0.3) is 0 Å². The van der Waals surface area contributed by atoms with Crippen LogP contribution in [-0.2, 0) is 11.2 Å². The molecule has 5 atom stereocenters. The van der Waals surface area contributed by atoms with Crippen LogP contribution in [0.2, 0.25) is 0 Å². The van der Waals surface area contributed by atoms with Crippen molar-refractivity contribution in [2.75, 3.05) is 51.6 Å². The van der Waals surface area contributed by atoms with Crippen molar-refractivity contribution < 1.29 is 19.8 Å². The van der Waals surface area contributed by atoms with E-state index in [9.17, 15) is 19.8 Å². The molecule has 9 N–H and O–H groups in total. The van der Waals surface area contributed by atoms with Gasteiger partial charge in [0.2, 0.25) is 5.91 Å². The molecule has 3 fully saturated rings. The minimum absolute atomic E-state index is 0.0159. The van der Waals surface area contributed by atoms with Gasteiger partial charge in [-0.25, -0.2) is 0 Å². The Balaban J connectivity index is 1.32. The molecular weight excluding hydrogens is 480 g/mol. The maximum Gasteiger partial charge on any atom is 0.253 e. The number of nitrogens with zero attached hydrogens (tertiary/aromatic N) is 3. The molecule has 4 unspecified atom stereocenters. The molecule has 0 aromatic heterocycles. The summed E-state index contributed by atoms with van der Waals surface area (Å²) in [4.78, 5) is 30.2. The van der Waals surface area contributed by atoms with E-state index in [1.165, 1.54) is 9.80 Å². The molecule has 1 aromatic rings. The van der Waals surface area contributed by atoms with Gasteiger partial charge in [-0.2, -0.15) is 0 Å². The first-order valence-corrected chi connectivity index (χ1v) is 12.4. The van der Waals surface area contributed by atoms with Crippen LogP contribution < -0.4 is 26.6 Å². The van der Waals surface area contributed by atoms with Crippen molar-refractivity contribution in [1.29, 1.82) is 10.8 Å². The largest absolute Gasteiger partial charge is 0.389 e. The number of aliphatic hydroxyl groups excluding tert-OH is 2. The highest BCUT2D eigenvalue weighted by molar-refractivity contribution is 6.01. The molecular formula is C23H34N10O4. The fourth-order valence-corrected chi connectivity index (χ4v) is 5.33. The minimum Gasteiger partial charge on any atom is -0.389 e. The summed E-state index contributed by atoms with van der Waals surface area (Å²) in [5.41, 5.74) is 2.38. The lowest BCUT2D eigenvalue weighted by molar-refractivity contribution is -0.135. The molecule has 4 aliphatic heterocycles. The molecule has 2 bridgehead atoms. The summed E-state index contributed by atoms with van der Waals surface area (Å²) in [6.07, 6.45) is -1.23. The maximum absolute atomic E-state index is 13.2. The molecule has 1 aromatic carbocycles. The van der Waals surface area contributed by atoms with E-state index < -0.39 is 30.6 Å². The predicted octanol–water partition coefficient (Wildman–Crippen LogP) is -3.13. The predicted molar refractivity (Wildman–Crippen MR) is 135 cm³/mol. The minimum atomic E-state index is -1.05. The van der Waals surface area contributed by atoms with Gasteiger partial charge in [-0.1, -0.05) is 12.1 Å². The zero-order valence-corrected chi connectivity index (χ0v) is 20.6. The number of nitrogens with one attached hydrogen (secondary N) is 7. The van der Waals surface area contributed by atoms with Crippen LogP contribution in [0.15, 0.2) is 18.2 Å². The summed E-state index contributed by atoms with van der Waals surface area (Å²) in [5, 5.41) is 53.4. The monoisotopic (exact) mass is 514 g/mol. The molecule has 14 heteroatoms. The average molecular weight is 515 g/mol. The van der Waals surface area contributed by atoms with E-state index in [0.717, 1.165) is 24.2 Å². The number of likely N-dealkylation sites (N-methyl/N-ethyl adjacent to an activating group) is 1. The smallest absolute Gasteiger partial charge is 0.253 e. The fourth-order valence-electron chi connectivity index (χ4n) is 5.33. The molecule has 4 heterocycles. The second kappa shape index (κ2) is 10.0. The molecule has 14 nitrogen and oxygen atoms in total. The first-order chi connectivity index (χ1) is 17.7. The van der Waals surface area contributed by atoms with E-state index >= 15 is 0 Å². The molecule has 200 valence electrons. The molecule has 0 radical (unpaired) electrons. The number of fused-ring (bicyclic) bond motifs is 3. The Bertz CT molecular complexity index is 1100. The number of hydrogen-bond acceptors (Lipinski definition) is 8. The number of anilines is 1. The number of benzene rings is 1. The lowest BCUT2D eigenvalue weighted by Crippen LogP contribution is -2.71. The molecule has 0 saturated carbocycles. The normalized spacial score (nSPS) is 30.1. The summed E-state index contributed by atoms with van der Waals surface area (Å²) >= 11 is 0. The van der Waals surface area contributed by atoms with Gasteiger partial charge >= 0.3 is 0 Å². The van der Waals surface area contributed by atoms with Crippen molar-refractivity contribution in [1.82, 2.24) is 36.0 Å². The zero-order valence-electron chi connectivity index (χ0n) is 20.6. The lowest BCUT2D eigenvalue weighted by atomic mass is 10.0. The average Bonchev–Trinajstić information content (AvgIpc) is 3.44. The van der Waals surface area contributed by atoms with E-state index in [-0.39, 0.29) is 56.5 Å². The number of carbonyl (C=O) groups excluding carboxylic acids is 2. The number of aliphatic hydroxyl groups is 2. The van der Waals surface area contributed by atoms with Crippen molar-refractivity contribution >= 4 is 29.4 Å². The number of hydrogen-bond donors (Lipinski definition) is 9. The van der Waals surface area contributed by atoms with E-state index in [0.29, 0.717) is 5.56 Å². The molecule has 0 aliphatic carbocycles. The van der Waals surface area contributed by atoms with E-state index in [2.05, 4.69) is 26.6 Å². The van der Waals surface area contributed by atoms with Crippen molar-refractivity contribution in [3.63, 3.8) is 0 Å². The highest BCUT2D eigenvalue weighted by Gasteiger charge is 2.41. The Morgan fingerprint density at radius 2 is 2.00 bits per heavy atom. The topological polar surface area (TPSA) is 192 Å². The van der Waals surface area contributed by atoms with Crippen molar-refractivity contribution in [3.8, 4) is 0 Å². The SMILES string of the molecule is CN1CC(=O)N(CC2NC(=N)N3CC2NC(=N)NCC(O)[C@@H](NC(=O)c2cccc4c2NCC4)C3)C1O. The van der Waals surface area contributed by atoms with Crippen molar-refractivity contribution in [3.05, 3.63) is 29.3 Å². The van der Waals surface area contributed by atoms with Crippen molar-refractivity contribution in [2.24, 2.45) is 0 Å². The van der Waals surface area contributed by atoms with Crippen LogP contribution in [0.4, 0.5) is 5.69 Å². The quantitative estimate of drug-likeness (QED) is 0.198. The van der Waals surface area contributed by atoms with Gasteiger partial charge in [-0.05, 0) is 25.1 Å². The van der Waals surface area contributed by atoms with E-state index in [1.54, 1.807) is 18.0 Å². The molecule has 2 amide bonds. The van der Waals surface area contributed by atoms with Crippen LogP contribution >= 0.6 is 0 Å². The lowest BCUT2D eigenvalue weighted by Gasteiger charge is -2.45. The Hall–Kier alpha value is -3.62. The summed E-state index contributed by atoms with van der Waals surface area (Å²) in [7, 11) is 1.65. The maximum atomic E-state index is 13.2. The van der Waals surface area contributed by atoms with Gasteiger partial charge in [-0.15, -0.1) is 0 Å². The molecule has 3 saturated heterocycles. The van der Waals surface area contributed by atoms with E-state index in [1.807, 2.05) is 12.1 Å². The molecule has 4 aliphatic rings.